The molecule has 1 aromatic heterocycles. The number of aromatic hydroxyl groups is 1. The van der Waals surface area contributed by atoms with Crippen LogP contribution in [0.25, 0.3) is 0 Å². The summed E-state index contributed by atoms with van der Waals surface area (Å²) in [5, 5.41) is 9.02. The number of hydrogen-bond acceptors (Lipinski definition) is 3. The third-order valence-corrected chi connectivity index (χ3v) is 1.23. The Morgan fingerprint density at radius 2 is 2.60 bits per heavy atom. The van der Waals surface area contributed by atoms with Crippen LogP contribution >= 0.6 is 0 Å². The first-order chi connectivity index (χ1) is 4.84. The van der Waals surface area contributed by atoms with Crippen molar-refractivity contribution >= 4 is 0 Å². The van der Waals surface area contributed by atoms with E-state index in [0.717, 1.165) is 0 Å². The van der Waals surface area contributed by atoms with Gasteiger partial charge in [-0.15, -0.1) is 0 Å². The number of ether oxygens (including phenoxy) is 1. The summed E-state index contributed by atoms with van der Waals surface area (Å²) in [7, 11) is 1.62. The van der Waals surface area contributed by atoms with Gasteiger partial charge in [0.1, 0.15) is 0 Å². The minimum Gasteiger partial charge on any atom is -0.493 e. The van der Waals surface area contributed by atoms with E-state index in [0.29, 0.717) is 13.2 Å². The second kappa shape index (κ2) is 3.22. The van der Waals surface area contributed by atoms with Crippen molar-refractivity contribution in [2.75, 3.05) is 13.7 Å². The van der Waals surface area contributed by atoms with Crippen molar-refractivity contribution in [3.63, 3.8) is 0 Å². The summed E-state index contributed by atoms with van der Waals surface area (Å²) in [6, 6.07) is 0. The largest absolute Gasteiger partial charge is 0.493 e. The second-order valence-corrected chi connectivity index (χ2v) is 1.94. The fourth-order valence-corrected chi connectivity index (χ4v) is 0.676. The summed E-state index contributed by atoms with van der Waals surface area (Å²) in [6.45, 7) is 1.23. The molecule has 0 bridgehead atoms. The van der Waals surface area contributed by atoms with Crippen LogP contribution in [0.1, 0.15) is 0 Å². The van der Waals surface area contributed by atoms with E-state index in [1.165, 1.54) is 6.20 Å². The summed E-state index contributed by atoms with van der Waals surface area (Å²) in [4.78, 5) is 3.73. The van der Waals surface area contributed by atoms with E-state index in [4.69, 9.17) is 9.84 Å². The molecule has 4 nitrogen and oxygen atoms in total. The lowest BCUT2D eigenvalue weighted by molar-refractivity contribution is 0.184. The van der Waals surface area contributed by atoms with Crippen molar-refractivity contribution in [3.05, 3.63) is 12.5 Å². The Morgan fingerprint density at radius 1 is 1.80 bits per heavy atom. The molecule has 0 fully saturated rings. The van der Waals surface area contributed by atoms with Crippen molar-refractivity contribution in [1.29, 1.82) is 0 Å². The van der Waals surface area contributed by atoms with E-state index in [-0.39, 0.29) is 5.88 Å². The number of hydrogen-bond donors (Lipinski definition) is 1. The van der Waals surface area contributed by atoms with Crippen LogP contribution < -0.4 is 0 Å². The first-order valence-corrected chi connectivity index (χ1v) is 3.02. The molecule has 0 aliphatic carbocycles. The topological polar surface area (TPSA) is 47.3 Å². The zero-order valence-corrected chi connectivity index (χ0v) is 5.82. The van der Waals surface area contributed by atoms with E-state index in [1.807, 2.05) is 0 Å². The molecule has 0 saturated carbocycles. The first-order valence-electron chi connectivity index (χ1n) is 3.02. The lowest BCUT2D eigenvalue weighted by atomic mass is 10.6. The Bertz CT molecular complexity index is 197. The van der Waals surface area contributed by atoms with Gasteiger partial charge in [0.05, 0.1) is 25.7 Å². The molecule has 4 heteroatoms. The SMILES string of the molecule is COCCn1cncc1O. The highest BCUT2D eigenvalue weighted by Crippen LogP contribution is 2.04. The minimum atomic E-state index is 0.178. The lowest BCUT2D eigenvalue weighted by Crippen LogP contribution is -2.01. The van der Waals surface area contributed by atoms with Crippen molar-refractivity contribution in [2.45, 2.75) is 6.54 Å². The van der Waals surface area contributed by atoms with Gasteiger partial charge in [-0.1, -0.05) is 0 Å². The Labute approximate surface area is 59.1 Å². The maximum atomic E-state index is 9.02. The van der Waals surface area contributed by atoms with E-state index < -0.39 is 0 Å². The molecule has 0 aromatic carbocycles. The molecule has 1 rings (SSSR count). The van der Waals surface area contributed by atoms with Crippen LogP contribution in [0.3, 0.4) is 0 Å². The van der Waals surface area contributed by atoms with Crippen LogP contribution in [0.4, 0.5) is 0 Å². The van der Waals surface area contributed by atoms with Gasteiger partial charge in [-0.3, -0.25) is 4.57 Å². The van der Waals surface area contributed by atoms with Crippen molar-refractivity contribution in [1.82, 2.24) is 9.55 Å². The smallest absolute Gasteiger partial charge is 0.211 e. The molecule has 0 radical (unpaired) electrons. The third kappa shape index (κ3) is 1.48. The van der Waals surface area contributed by atoms with Gasteiger partial charge in [0.25, 0.3) is 0 Å². The highest BCUT2D eigenvalue weighted by molar-refractivity contribution is 5.01. The average molecular weight is 142 g/mol. The summed E-state index contributed by atoms with van der Waals surface area (Å²) >= 11 is 0. The fourth-order valence-electron chi connectivity index (χ4n) is 0.676. The molecule has 0 spiro atoms. The summed E-state index contributed by atoms with van der Waals surface area (Å²) in [6.07, 6.45) is 2.96. The van der Waals surface area contributed by atoms with Gasteiger partial charge >= 0.3 is 0 Å². The van der Waals surface area contributed by atoms with E-state index in [9.17, 15) is 0 Å². The lowest BCUT2D eigenvalue weighted by Gasteiger charge is -2.00. The van der Waals surface area contributed by atoms with Crippen molar-refractivity contribution < 1.29 is 9.84 Å². The normalized spacial score (nSPS) is 10.1. The van der Waals surface area contributed by atoms with Crippen LogP contribution in [0.2, 0.25) is 0 Å². The summed E-state index contributed by atoms with van der Waals surface area (Å²) in [5.41, 5.74) is 0. The second-order valence-electron chi connectivity index (χ2n) is 1.94. The molecule has 0 aliphatic rings. The van der Waals surface area contributed by atoms with Crippen LogP contribution in [0.5, 0.6) is 5.88 Å². The quantitative estimate of drug-likeness (QED) is 0.657. The molecule has 1 N–H and O–H groups in total. The number of methoxy groups -OCH3 is 1. The Balaban J connectivity index is 2.49. The summed E-state index contributed by atoms with van der Waals surface area (Å²) in [5.74, 6) is 0.178. The van der Waals surface area contributed by atoms with E-state index in [1.54, 1.807) is 18.0 Å². The average Bonchev–Trinajstić information content (AvgIpc) is 2.31. The number of aromatic nitrogens is 2. The van der Waals surface area contributed by atoms with Crippen LogP contribution in [-0.4, -0.2) is 28.4 Å². The van der Waals surface area contributed by atoms with E-state index in [2.05, 4.69) is 4.98 Å². The molecular formula is C6H10N2O2. The van der Waals surface area contributed by atoms with E-state index >= 15 is 0 Å². The zero-order chi connectivity index (χ0) is 7.40. The number of imidazole rings is 1. The molecule has 0 aliphatic heterocycles. The highest BCUT2D eigenvalue weighted by atomic mass is 16.5. The maximum Gasteiger partial charge on any atom is 0.211 e. The first kappa shape index (κ1) is 7.08. The molecule has 1 heterocycles. The van der Waals surface area contributed by atoms with Crippen LogP contribution in [0.15, 0.2) is 12.5 Å². The minimum absolute atomic E-state index is 0.178. The molecule has 1 aromatic rings. The molecule has 0 atom stereocenters. The molecule has 10 heavy (non-hydrogen) atoms. The van der Waals surface area contributed by atoms with Gasteiger partial charge in [0, 0.05) is 7.11 Å². The zero-order valence-electron chi connectivity index (χ0n) is 5.82. The maximum absolute atomic E-state index is 9.02. The fraction of sp³-hybridized carbons (Fsp3) is 0.500. The highest BCUT2D eigenvalue weighted by Gasteiger charge is 1.95. The van der Waals surface area contributed by atoms with Gasteiger partial charge in [-0.2, -0.15) is 0 Å². The molecule has 0 unspecified atom stereocenters. The Morgan fingerprint density at radius 3 is 3.10 bits per heavy atom. The predicted octanol–water partition coefficient (Wildman–Crippen LogP) is 0.235. The molecule has 0 amide bonds. The van der Waals surface area contributed by atoms with Crippen LogP contribution in [-0.2, 0) is 11.3 Å². The van der Waals surface area contributed by atoms with Gasteiger partial charge in [0.2, 0.25) is 5.88 Å². The predicted molar refractivity (Wildman–Crippen MR) is 35.8 cm³/mol. The standard InChI is InChI=1S/C6H10N2O2/c1-10-3-2-8-5-7-4-6(8)9/h4-5,9H,2-3H2,1H3. The number of rotatable bonds is 3. The third-order valence-electron chi connectivity index (χ3n) is 1.23. The number of nitrogens with zero attached hydrogens (tertiary/aromatic N) is 2. The Kier molecular flexibility index (Phi) is 2.28. The van der Waals surface area contributed by atoms with Crippen molar-refractivity contribution in [3.8, 4) is 5.88 Å². The van der Waals surface area contributed by atoms with Crippen molar-refractivity contribution in [2.24, 2.45) is 0 Å². The van der Waals surface area contributed by atoms with Crippen LogP contribution in [0, 0.1) is 0 Å². The van der Waals surface area contributed by atoms with Gasteiger partial charge in [0.15, 0.2) is 0 Å². The van der Waals surface area contributed by atoms with Gasteiger partial charge < -0.3 is 9.84 Å². The molecule has 0 saturated heterocycles. The monoisotopic (exact) mass is 142 g/mol. The van der Waals surface area contributed by atoms with Gasteiger partial charge in [-0.05, 0) is 0 Å². The molecular weight excluding hydrogens is 132 g/mol. The van der Waals surface area contributed by atoms with Gasteiger partial charge in [-0.25, -0.2) is 4.98 Å². The summed E-state index contributed by atoms with van der Waals surface area (Å²) < 4.78 is 6.43. The Hall–Kier alpha value is -1.03. The molecule has 56 valence electrons.